The van der Waals surface area contributed by atoms with Gasteiger partial charge in [0.15, 0.2) is 0 Å². The Morgan fingerprint density at radius 3 is 2.28 bits per heavy atom. The van der Waals surface area contributed by atoms with Crippen molar-refractivity contribution in [2.24, 2.45) is 0 Å². The molecule has 1 amide bonds. The number of nitrogens with zero attached hydrogens (tertiary/aromatic N) is 1. The average Bonchev–Trinajstić information content (AvgIpc) is 2.64. The largest absolute Gasteiger partial charge is 0.457 e. The minimum absolute atomic E-state index is 0.0456. The molecule has 0 unspecified atom stereocenters. The number of carbonyl (C=O) groups excluding carboxylic acids is 1. The van der Waals surface area contributed by atoms with Crippen LogP contribution in [0.15, 0.2) is 82.4 Å². The Labute approximate surface area is 158 Å². The van der Waals surface area contributed by atoms with Gasteiger partial charge in [0.05, 0.1) is 5.75 Å². The van der Waals surface area contributed by atoms with Gasteiger partial charge in [-0.3, -0.25) is 9.78 Å². The number of benzene rings is 2. The van der Waals surface area contributed by atoms with E-state index in [1.165, 1.54) is 11.8 Å². The van der Waals surface area contributed by atoms with Crippen LogP contribution in [-0.2, 0) is 4.79 Å². The van der Waals surface area contributed by atoms with Crippen molar-refractivity contribution in [3.8, 4) is 11.5 Å². The lowest BCUT2D eigenvalue weighted by Crippen LogP contribution is -2.13. The third-order valence-corrected chi connectivity index (χ3v) is 4.75. The first-order valence-corrected chi connectivity index (χ1v) is 9.33. The van der Waals surface area contributed by atoms with Gasteiger partial charge in [0.2, 0.25) is 5.91 Å². The molecule has 0 saturated carbocycles. The quantitative estimate of drug-likeness (QED) is 0.551. The van der Waals surface area contributed by atoms with Crippen LogP contribution in [0.3, 0.4) is 0 Å². The number of aromatic nitrogens is 1. The van der Waals surface area contributed by atoms with E-state index in [9.17, 15) is 4.79 Å². The Balaban J connectivity index is 1.50. The van der Waals surface area contributed by atoms with Crippen molar-refractivity contribution in [1.82, 2.24) is 4.98 Å². The van der Waals surface area contributed by atoms with E-state index in [0.717, 1.165) is 20.8 Å². The zero-order valence-corrected chi connectivity index (χ0v) is 15.6. The summed E-state index contributed by atoms with van der Waals surface area (Å²) < 4.78 is 6.72. The van der Waals surface area contributed by atoms with E-state index in [1.807, 2.05) is 48.5 Å². The highest BCUT2D eigenvalue weighted by Gasteiger charge is 2.04. The second-order valence-corrected chi connectivity index (χ2v) is 7.06. The molecule has 0 bridgehead atoms. The number of halogens is 1. The predicted molar refractivity (Wildman–Crippen MR) is 104 cm³/mol. The standard InChI is InChI=1S/C19H15BrN2O2S/c20-14-1-7-18(8-2-14)25-13-19(23)22-15-3-5-16(6-4-15)24-17-9-11-21-12-10-17/h1-12H,13H2,(H,22,23). The molecule has 0 radical (unpaired) electrons. The first-order valence-electron chi connectivity index (χ1n) is 7.55. The Bertz CT molecular complexity index is 824. The molecule has 126 valence electrons. The maximum Gasteiger partial charge on any atom is 0.234 e. The van der Waals surface area contributed by atoms with E-state index in [1.54, 1.807) is 24.5 Å². The number of carbonyl (C=O) groups is 1. The number of ether oxygens (including phenoxy) is 1. The maximum absolute atomic E-state index is 12.0. The van der Waals surface area contributed by atoms with Gasteiger partial charge in [0.25, 0.3) is 0 Å². The van der Waals surface area contributed by atoms with Crippen molar-refractivity contribution in [1.29, 1.82) is 0 Å². The Kier molecular flexibility index (Phi) is 6.09. The molecule has 0 aliphatic rings. The van der Waals surface area contributed by atoms with Crippen molar-refractivity contribution in [2.45, 2.75) is 4.90 Å². The number of hydrogen-bond acceptors (Lipinski definition) is 4. The van der Waals surface area contributed by atoms with Crippen molar-refractivity contribution in [3.05, 3.63) is 77.5 Å². The highest BCUT2D eigenvalue weighted by atomic mass is 79.9. The Morgan fingerprint density at radius 2 is 1.60 bits per heavy atom. The van der Waals surface area contributed by atoms with Gasteiger partial charge in [0.1, 0.15) is 11.5 Å². The molecular formula is C19H15BrN2O2S. The molecule has 0 atom stereocenters. The second-order valence-electron chi connectivity index (χ2n) is 5.10. The van der Waals surface area contributed by atoms with E-state index >= 15 is 0 Å². The summed E-state index contributed by atoms with van der Waals surface area (Å²) >= 11 is 4.89. The number of anilines is 1. The molecule has 1 aromatic heterocycles. The van der Waals surface area contributed by atoms with Crippen LogP contribution in [0, 0.1) is 0 Å². The number of nitrogens with one attached hydrogen (secondary N) is 1. The van der Waals surface area contributed by atoms with Crippen LogP contribution in [0.25, 0.3) is 0 Å². The second kappa shape index (κ2) is 8.69. The van der Waals surface area contributed by atoms with Gasteiger partial charge in [-0.1, -0.05) is 15.9 Å². The molecule has 0 saturated heterocycles. The third kappa shape index (κ3) is 5.62. The highest BCUT2D eigenvalue weighted by molar-refractivity contribution is 9.10. The number of amides is 1. The fraction of sp³-hybridized carbons (Fsp3) is 0.0526. The van der Waals surface area contributed by atoms with Crippen LogP contribution in [0.4, 0.5) is 5.69 Å². The number of rotatable bonds is 6. The van der Waals surface area contributed by atoms with Crippen LogP contribution >= 0.6 is 27.7 Å². The van der Waals surface area contributed by atoms with E-state index in [4.69, 9.17) is 4.74 Å². The molecule has 0 aliphatic carbocycles. The van der Waals surface area contributed by atoms with Gasteiger partial charge in [-0.05, 0) is 60.7 Å². The summed E-state index contributed by atoms with van der Waals surface area (Å²) in [6.45, 7) is 0. The van der Waals surface area contributed by atoms with Gasteiger partial charge in [-0.2, -0.15) is 0 Å². The number of pyridine rings is 1. The van der Waals surface area contributed by atoms with Gasteiger partial charge >= 0.3 is 0 Å². The molecule has 1 N–H and O–H groups in total. The van der Waals surface area contributed by atoms with Gasteiger partial charge in [-0.25, -0.2) is 0 Å². The van der Waals surface area contributed by atoms with Crippen molar-refractivity contribution in [2.75, 3.05) is 11.1 Å². The van der Waals surface area contributed by atoms with E-state index < -0.39 is 0 Å². The topological polar surface area (TPSA) is 51.2 Å². The summed E-state index contributed by atoms with van der Waals surface area (Å²) in [5, 5.41) is 2.88. The molecule has 0 aliphatic heterocycles. The number of thioether (sulfide) groups is 1. The summed E-state index contributed by atoms with van der Waals surface area (Å²) in [5.74, 6) is 1.73. The maximum atomic E-state index is 12.0. The molecule has 4 nitrogen and oxygen atoms in total. The first-order chi connectivity index (χ1) is 12.2. The Hall–Kier alpha value is -2.31. The minimum atomic E-state index is -0.0456. The minimum Gasteiger partial charge on any atom is -0.457 e. The molecular weight excluding hydrogens is 400 g/mol. The van der Waals surface area contributed by atoms with E-state index in [0.29, 0.717) is 11.5 Å². The summed E-state index contributed by atoms with van der Waals surface area (Å²) in [7, 11) is 0. The van der Waals surface area contributed by atoms with Crippen molar-refractivity contribution < 1.29 is 9.53 Å². The highest BCUT2D eigenvalue weighted by Crippen LogP contribution is 2.23. The zero-order chi connectivity index (χ0) is 17.5. The normalized spacial score (nSPS) is 10.3. The zero-order valence-electron chi connectivity index (χ0n) is 13.2. The lowest BCUT2D eigenvalue weighted by atomic mass is 10.3. The van der Waals surface area contributed by atoms with Crippen molar-refractivity contribution in [3.63, 3.8) is 0 Å². The summed E-state index contributed by atoms with van der Waals surface area (Å²) in [6, 6.07) is 18.7. The van der Waals surface area contributed by atoms with Crippen LogP contribution in [0.2, 0.25) is 0 Å². The van der Waals surface area contributed by atoms with Crippen LogP contribution in [-0.4, -0.2) is 16.6 Å². The fourth-order valence-corrected chi connectivity index (χ4v) is 2.99. The molecule has 3 rings (SSSR count). The van der Waals surface area contributed by atoms with Gasteiger partial charge in [0, 0.05) is 27.4 Å². The van der Waals surface area contributed by atoms with E-state index in [2.05, 4.69) is 26.2 Å². The molecule has 6 heteroatoms. The van der Waals surface area contributed by atoms with Gasteiger partial charge < -0.3 is 10.1 Å². The third-order valence-electron chi connectivity index (χ3n) is 3.21. The first kappa shape index (κ1) is 17.5. The van der Waals surface area contributed by atoms with Gasteiger partial charge in [-0.15, -0.1) is 11.8 Å². The molecule has 2 aromatic carbocycles. The SMILES string of the molecule is O=C(CSc1ccc(Br)cc1)Nc1ccc(Oc2ccncc2)cc1. The Morgan fingerprint density at radius 1 is 0.960 bits per heavy atom. The van der Waals surface area contributed by atoms with Crippen LogP contribution in [0.5, 0.6) is 11.5 Å². The lowest BCUT2D eigenvalue weighted by Gasteiger charge is -2.08. The fourth-order valence-electron chi connectivity index (χ4n) is 2.03. The lowest BCUT2D eigenvalue weighted by molar-refractivity contribution is -0.113. The van der Waals surface area contributed by atoms with Crippen LogP contribution in [0.1, 0.15) is 0 Å². The predicted octanol–water partition coefficient (Wildman–Crippen LogP) is 5.37. The molecule has 3 aromatic rings. The molecule has 1 heterocycles. The monoisotopic (exact) mass is 414 g/mol. The molecule has 0 fully saturated rings. The van der Waals surface area contributed by atoms with Crippen molar-refractivity contribution >= 4 is 39.3 Å². The summed E-state index contributed by atoms with van der Waals surface area (Å²) in [4.78, 5) is 17.0. The van der Waals surface area contributed by atoms with Crippen LogP contribution < -0.4 is 10.1 Å². The smallest absolute Gasteiger partial charge is 0.234 e. The summed E-state index contributed by atoms with van der Waals surface area (Å²) in [6.07, 6.45) is 3.35. The van der Waals surface area contributed by atoms with E-state index in [-0.39, 0.29) is 5.91 Å². The molecule has 0 spiro atoms. The average molecular weight is 415 g/mol. The number of hydrogen-bond donors (Lipinski definition) is 1. The molecule has 25 heavy (non-hydrogen) atoms. The summed E-state index contributed by atoms with van der Waals surface area (Å²) in [5.41, 5.74) is 0.739.